The zero-order valence-electron chi connectivity index (χ0n) is 23.6. The Morgan fingerprint density at radius 1 is 1.05 bits per heavy atom. The van der Waals surface area contributed by atoms with Gasteiger partial charge in [0.05, 0.1) is 7.11 Å². The third-order valence-electron chi connectivity index (χ3n) is 7.06. The summed E-state index contributed by atoms with van der Waals surface area (Å²) in [5, 5.41) is 3.04. The third kappa shape index (κ3) is 7.71. The van der Waals surface area contributed by atoms with Gasteiger partial charge in [-0.2, -0.15) is 0 Å². The summed E-state index contributed by atoms with van der Waals surface area (Å²) >= 11 is 0. The first-order valence-electron chi connectivity index (χ1n) is 13.4. The Hall–Kier alpha value is -3.06. The molecule has 7 nitrogen and oxygen atoms in total. The van der Waals surface area contributed by atoms with Crippen LogP contribution in [0.15, 0.2) is 42.5 Å². The summed E-state index contributed by atoms with van der Waals surface area (Å²) in [6, 6.07) is 13.8. The fourth-order valence-electron chi connectivity index (χ4n) is 4.78. The number of anilines is 2. The van der Waals surface area contributed by atoms with Crippen LogP contribution < -0.4 is 15.0 Å². The van der Waals surface area contributed by atoms with E-state index in [1.165, 1.54) is 0 Å². The lowest BCUT2D eigenvalue weighted by Gasteiger charge is -2.38. The van der Waals surface area contributed by atoms with E-state index in [0.29, 0.717) is 30.6 Å². The highest BCUT2D eigenvalue weighted by Crippen LogP contribution is 2.30. The van der Waals surface area contributed by atoms with E-state index in [9.17, 15) is 9.59 Å². The monoisotopic (exact) mass is 508 g/mol. The topological polar surface area (TPSA) is 65.1 Å². The molecule has 0 unspecified atom stereocenters. The molecule has 0 bridgehead atoms. The zero-order chi connectivity index (χ0) is 27.1. The van der Waals surface area contributed by atoms with E-state index in [4.69, 9.17) is 4.74 Å². The molecule has 0 atom stereocenters. The number of nitrogens with one attached hydrogen (secondary N) is 1. The average Bonchev–Trinajstić information content (AvgIpc) is 2.88. The van der Waals surface area contributed by atoms with Crippen molar-refractivity contribution in [1.82, 2.24) is 9.80 Å². The summed E-state index contributed by atoms with van der Waals surface area (Å²) in [7, 11) is 5.94. The van der Waals surface area contributed by atoms with E-state index in [1.54, 1.807) is 7.11 Å². The molecule has 202 valence electrons. The first-order chi connectivity index (χ1) is 17.6. The Balaban J connectivity index is 1.95. The molecule has 3 rings (SSSR count). The predicted molar refractivity (Wildman–Crippen MR) is 151 cm³/mol. The van der Waals surface area contributed by atoms with Crippen molar-refractivity contribution < 1.29 is 14.3 Å². The number of benzene rings is 2. The van der Waals surface area contributed by atoms with Crippen LogP contribution in [0.2, 0.25) is 0 Å². The van der Waals surface area contributed by atoms with Crippen LogP contribution in [0.5, 0.6) is 5.75 Å². The molecule has 2 amide bonds. The van der Waals surface area contributed by atoms with Gasteiger partial charge in [-0.05, 0) is 86.9 Å². The molecule has 0 aromatic heterocycles. The summed E-state index contributed by atoms with van der Waals surface area (Å²) in [6.07, 6.45) is 2.19. The van der Waals surface area contributed by atoms with Crippen LogP contribution in [0.1, 0.15) is 56.5 Å². The van der Waals surface area contributed by atoms with Crippen molar-refractivity contribution in [2.24, 2.45) is 11.8 Å². The first kappa shape index (κ1) is 28.5. The molecule has 1 heterocycles. The molecular weight excluding hydrogens is 464 g/mol. The van der Waals surface area contributed by atoms with E-state index in [-0.39, 0.29) is 17.7 Å². The van der Waals surface area contributed by atoms with Gasteiger partial charge in [-0.15, -0.1) is 0 Å². The Morgan fingerprint density at radius 3 is 2.27 bits per heavy atom. The van der Waals surface area contributed by atoms with Crippen LogP contribution in [0, 0.1) is 11.8 Å². The maximum Gasteiger partial charge on any atom is 0.254 e. The number of ether oxygens (including phenoxy) is 1. The highest BCUT2D eigenvalue weighted by atomic mass is 16.5. The standard InChI is InChI=1S/C30H44N4O3/c1-21(2)19-34(30(36)23-8-11-27(37-7)12-9-23)20-24-18-25(31-29(35)22(3)4)10-13-28(24)33(6)26-14-16-32(5)17-15-26/h8-13,18,21-22,26H,14-17,19-20H2,1-7H3,(H,31,35). The van der Waals surface area contributed by atoms with Crippen molar-refractivity contribution in [3.05, 3.63) is 53.6 Å². The van der Waals surface area contributed by atoms with Gasteiger partial charge in [-0.1, -0.05) is 27.7 Å². The number of piperidine rings is 1. The second-order valence-corrected chi connectivity index (χ2v) is 10.9. The largest absolute Gasteiger partial charge is 0.497 e. The van der Waals surface area contributed by atoms with Crippen molar-refractivity contribution in [3.8, 4) is 5.75 Å². The molecule has 0 spiro atoms. The molecule has 1 aliphatic heterocycles. The van der Waals surface area contributed by atoms with Gasteiger partial charge in [0.1, 0.15) is 5.75 Å². The highest BCUT2D eigenvalue weighted by molar-refractivity contribution is 5.95. The quantitative estimate of drug-likeness (QED) is 0.483. The van der Waals surface area contributed by atoms with Crippen molar-refractivity contribution >= 4 is 23.2 Å². The van der Waals surface area contributed by atoms with E-state index in [2.05, 4.69) is 49.1 Å². The molecule has 1 fully saturated rings. The number of nitrogens with zero attached hydrogens (tertiary/aromatic N) is 3. The van der Waals surface area contributed by atoms with Crippen molar-refractivity contribution in [2.45, 2.75) is 53.1 Å². The summed E-state index contributed by atoms with van der Waals surface area (Å²) in [6.45, 7) is 11.3. The summed E-state index contributed by atoms with van der Waals surface area (Å²) < 4.78 is 5.27. The lowest BCUT2D eigenvalue weighted by atomic mass is 10.0. The zero-order valence-corrected chi connectivity index (χ0v) is 23.6. The third-order valence-corrected chi connectivity index (χ3v) is 7.06. The molecule has 2 aromatic carbocycles. The molecule has 0 aliphatic carbocycles. The van der Waals surface area contributed by atoms with E-state index < -0.39 is 0 Å². The minimum Gasteiger partial charge on any atom is -0.497 e. The van der Waals surface area contributed by atoms with E-state index in [1.807, 2.05) is 55.1 Å². The van der Waals surface area contributed by atoms with Gasteiger partial charge in [-0.3, -0.25) is 9.59 Å². The normalized spacial score (nSPS) is 14.6. The predicted octanol–water partition coefficient (Wildman–Crippen LogP) is 5.12. The fourth-order valence-corrected chi connectivity index (χ4v) is 4.78. The number of hydrogen-bond acceptors (Lipinski definition) is 5. The maximum absolute atomic E-state index is 13.7. The van der Waals surface area contributed by atoms with Gasteiger partial charge in [-0.25, -0.2) is 0 Å². The van der Waals surface area contributed by atoms with E-state index >= 15 is 0 Å². The molecule has 37 heavy (non-hydrogen) atoms. The molecule has 0 saturated carbocycles. The van der Waals surface area contributed by atoms with Crippen LogP contribution in [0.25, 0.3) is 0 Å². The minimum absolute atomic E-state index is 0.0131. The second-order valence-electron chi connectivity index (χ2n) is 10.9. The van der Waals surface area contributed by atoms with Crippen LogP contribution in [0.3, 0.4) is 0 Å². The van der Waals surface area contributed by atoms with Gasteiger partial charge < -0.3 is 24.8 Å². The molecule has 1 aliphatic rings. The average molecular weight is 509 g/mol. The lowest BCUT2D eigenvalue weighted by molar-refractivity contribution is -0.118. The fraction of sp³-hybridized carbons (Fsp3) is 0.533. The van der Waals surface area contributed by atoms with Crippen molar-refractivity contribution in [1.29, 1.82) is 0 Å². The number of methoxy groups -OCH3 is 1. The Bertz CT molecular complexity index is 1040. The number of carbonyl (C=O) groups excluding carboxylic acids is 2. The molecule has 1 N–H and O–H groups in total. The number of amides is 2. The molecule has 7 heteroatoms. The molecule has 0 radical (unpaired) electrons. The number of carbonyl (C=O) groups is 2. The van der Waals surface area contributed by atoms with Crippen molar-refractivity contribution in [2.75, 3.05) is 51.1 Å². The Labute approximate surface area is 222 Å². The Morgan fingerprint density at radius 2 is 1.70 bits per heavy atom. The number of hydrogen-bond donors (Lipinski definition) is 1. The van der Waals surface area contributed by atoms with Crippen LogP contribution in [-0.4, -0.2) is 68.5 Å². The molecule has 2 aromatic rings. The van der Waals surface area contributed by atoms with Crippen LogP contribution in [0.4, 0.5) is 11.4 Å². The first-order valence-corrected chi connectivity index (χ1v) is 13.4. The maximum atomic E-state index is 13.7. The minimum atomic E-state index is -0.112. The summed E-state index contributed by atoms with van der Waals surface area (Å²) in [4.78, 5) is 32.7. The molecule has 1 saturated heterocycles. The summed E-state index contributed by atoms with van der Waals surface area (Å²) in [5.41, 5.74) is 3.53. The van der Waals surface area contributed by atoms with Gasteiger partial charge in [0.25, 0.3) is 5.91 Å². The second kappa shape index (κ2) is 13.0. The van der Waals surface area contributed by atoms with Crippen LogP contribution in [-0.2, 0) is 11.3 Å². The van der Waals surface area contributed by atoms with Crippen LogP contribution >= 0.6 is 0 Å². The van der Waals surface area contributed by atoms with Gasteiger partial charge >= 0.3 is 0 Å². The number of likely N-dealkylation sites (tertiary alicyclic amines) is 1. The molecular formula is C30H44N4O3. The Kier molecular flexibility index (Phi) is 9.98. The van der Waals surface area contributed by atoms with Crippen molar-refractivity contribution in [3.63, 3.8) is 0 Å². The summed E-state index contributed by atoms with van der Waals surface area (Å²) in [5.74, 6) is 0.888. The number of rotatable bonds is 10. The SMILES string of the molecule is COc1ccc(C(=O)N(Cc2cc(NC(=O)C(C)C)ccc2N(C)C2CCN(C)CC2)CC(C)C)cc1. The smallest absolute Gasteiger partial charge is 0.254 e. The van der Waals surface area contributed by atoms with E-state index in [0.717, 1.165) is 48.6 Å². The van der Waals surface area contributed by atoms with Gasteiger partial charge in [0.15, 0.2) is 0 Å². The lowest BCUT2D eigenvalue weighted by Crippen LogP contribution is -2.42. The van der Waals surface area contributed by atoms with Gasteiger partial charge in [0, 0.05) is 49.0 Å². The van der Waals surface area contributed by atoms with Gasteiger partial charge in [0.2, 0.25) is 5.91 Å². The highest BCUT2D eigenvalue weighted by Gasteiger charge is 2.25.